The van der Waals surface area contributed by atoms with Crippen LogP contribution in [0.2, 0.25) is 0 Å². The minimum atomic E-state index is -0.428. The Morgan fingerprint density at radius 3 is 2.09 bits per heavy atom. The molecule has 0 bridgehead atoms. The van der Waals surface area contributed by atoms with E-state index in [9.17, 15) is 14.4 Å². The lowest BCUT2D eigenvalue weighted by atomic mass is 9.68. The van der Waals surface area contributed by atoms with Crippen LogP contribution < -0.4 is 9.64 Å². The lowest BCUT2D eigenvalue weighted by molar-refractivity contribution is -0.130. The van der Waals surface area contributed by atoms with E-state index < -0.39 is 5.97 Å². The lowest BCUT2D eigenvalue weighted by Gasteiger charge is -2.38. The molecule has 0 aromatic heterocycles. The van der Waals surface area contributed by atoms with Gasteiger partial charge < -0.3 is 4.74 Å². The molecule has 3 aliphatic rings. The highest BCUT2D eigenvalue weighted by molar-refractivity contribution is 6.28. The molecule has 2 fully saturated rings. The Morgan fingerprint density at radius 2 is 1.49 bits per heavy atom. The molecule has 5 rings (SSSR count). The summed E-state index contributed by atoms with van der Waals surface area (Å²) in [4.78, 5) is 37.9. The molecule has 2 aromatic rings. The van der Waals surface area contributed by atoms with Crippen molar-refractivity contribution in [3.05, 3.63) is 76.9 Å². The average Bonchev–Trinajstić information content (AvgIpc) is 3.36. The number of imide groups is 1. The summed E-state index contributed by atoms with van der Waals surface area (Å²) in [6.45, 7) is 5.84. The van der Waals surface area contributed by atoms with Crippen LogP contribution in [0.3, 0.4) is 0 Å². The van der Waals surface area contributed by atoms with Gasteiger partial charge in [0, 0.05) is 17.7 Å². The van der Waals surface area contributed by atoms with Gasteiger partial charge in [0.2, 0.25) is 0 Å². The van der Waals surface area contributed by atoms with Crippen LogP contribution in [0.25, 0.3) is 6.08 Å². The minimum absolute atomic E-state index is 0.378. The largest absolute Gasteiger partial charge is 0.423 e. The second-order valence-electron chi connectivity index (χ2n) is 13.1. The van der Waals surface area contributed by atoms with E-state index in [0.717, 1.165) is 28.2 Å². The first-order valence-electron chi connectivity index (χ1n) is 16.5. The first-order valence-corrected chi connectivity index (χ1v) is 16.5. The van der Waals surface area contributed by atoms with Crippen LogP contribution in [0.5, 0.6) is 5.75 Å². The average molecular weight is 582 g/mol. The molecule has 228 valence electrons. The highest BCUT2D eigenvalue weighted by Gasteiger charge is 2.31. The molecule has 43 heavy (non-hydrogen) atoms. The molecule has 5 nitrogen and oxygen atoms in total. The molecule has 0 radical (unpaired) electrons. The lowest BCUT2D eigenvalue weighted by Crippen LogP contribution is -2.29. The number of benzene rings is 2. The molecule has 0 unspecified atom stereocenters. The summed E-state index contributed by atoms with van der Waals surface area (Å²) in [5.74, 6) is 2.73. The van der Waals surface area contributed by atoms with Gasteiger partial charge in [-0.3, -0.25) is 9.59 Å². The Kier molecular flexibility index (Phi) is 10.3. The Labute approximate surface area is 257 Å². The van der Waals surface area contributed by atoms with E-state index in [4.69, 9.17) is 4.74 Å². The molecule has 0 saturated heterocycles. The SMILES string of the molecule is CCCCCC1CCC(C2CCC(c3ccc(/C=C(\C)C(=O)Oc4ccc(N5C(=O)C=CC5=O)cc4C)cc3)CC2)CC1. The van der Waals surface area contributed by atoms with Crippen molar-refractivity contribution in [1.29, 1.82) is 0 Å². The van der Waals surface area contributed by atoms with Crippen molar-refractivity contribution >= 4 is 29.5 Å². The Hall–Kier alpha value is -3.47. The number of amides is 2. The fraction of sp³-hybridized carbons (Fsp3) is 0.500. The maximum Gasteiger partial charge on any atom is 0.339 e. The predicted molar refractivity (Wildman–Crippen MR) is 173 cm³/mol. The van der Waals surface area contributed by atoms with Gasteiger partial charge in [0.05, 0.1) is 5.69 Å². The third kappa shape index (κ3) is 7.74. The number of carbonyl (C=O) groups excluding carboxylic acids is 3. The van der Waals surface area contributed by atoms with Crippen molar-refractivity contribution in [3.8, 4) is 5.75 Å². The fourth-order valence-corrected chi connectivity index (χ4v) is 7.45. The van der Waals surface area contributed by atoms with Crippen LogP contribution >= 0.6 is 0 Å². The van der Waals surface area contributed by atoms with E-state index in [1.54, 1.807) is 32.0 Å². The van der Waals surface area contributed by atoms with E-state index >= 15 is 0 Å². The number of unbranched alkanes of at least 4 members (excludes halogenated alkanes) is 2. The third-order valence-electron chi connectivity index (χ3n) is 10.1. The minimum Gasteiger partial charge on any atom is -0.423 e. The van der Waals surface area contributed by atoms with E-state index in [0.29, 0.717) is 28.5 Å². The van der Waals surface area contributed by atoms with Crippen molar-refractivity contribution in [2.75, 3.05) is 4.90 Å². The summed E-state index contributed by atoms with van der Waals surface area (Å²) >= 11 is 0. The van der Waals surface area contributed by atoms with Crippen molar-refractivity contribution in [1.82, 2.24) is 0 Å². The number of nitrogens with zero attached hydrogens (tertiary/aromatic N) is 1. The van der Waals surface area contributed by atoms with Crippen LogP contribution in [0.4, 0.5) is 5.69 Å². The predicted octanol–water partition coefficient (Wildman–Crippen LogP) is 9.09. The van der Waals surface area contributed by atoms with Crippen molar-refractivity contribution in [3.63, 3.8) is 0 Å². The van der Waals surface area contributed by atoms with Crippen LogP contribution in [-0.4, -0.2) is 17.8 Å². The smallest absolute Gasteiger partial charge is 0.339 e. The first kappa shape index (κ1) is 31.0. The van der Waals surface area contributed by atoms with Crippen LogP contribution in [0.1, 0.15) is 114 Å². The zero-order chi connectivity index (χ0) is 30.3. The summed E-state index contributed by atoms with van der Waals surface area (Å²) in [6, 6.07) is 13.6. The van der Waals surface area contributed by atoms with Gasteiger partial charge in [-0.2, -0.15) is 0 Å². The number of hydrogen-bond donors (Lipinski definition) is 0. The molecular formula is C38H47NO4. The maximum absolute atomic E-state index is 12.8. The molecule has 2 amide bonds. The van der Waals surface area contributed by atoms with Crippen LogP contribution in [0.15, 0.2) is 60.2 Å². The summed E-state index contributed by atoms with van der Waals surface area (Å²) in [6.07, 6.45) is 21.1. The van der Waals surface area contributed by atoms with Crippen molar-refractivity contribution in [2.24, 2.45) is 17.8 Å². The Bertz CT molecular complexity index is 1340. The van der Waals surface area contributed by atoms with Gasteiger partial charge in [-0.1, -0.05) is 69.7 Å². The van der Waals surface area contributed by atoms with Crippen molar-refractivity contribution in [2.45, 2.75) is 104 Å². The zero-order valence-corrected chi connectivity index (χ0v) is 26.1. The Balaban J connectivity index is 1.10. The summed E-state index contributed by atoms with van der Waals surface area (Å²) in [5, 5.41) is 0. The summed E-state index contributed by atoms with van der Waals surface area (Å²) in [5.41, 5.74) is 4.02. The number of anilines is 1. The number of rotatable bonds is 10. The normalized spacial score (nSPS) is 24.4. The van der Waals surface area contributed by atoms with Gasteiger partial charge in [-0.15, -0.1) is 0 Å². The number of esters is 1. The van der Waals surface area contributed by atoms with Crippen LogP contribution in [-0.2, 0) is 14.4 Å². The molecule has 0 atom stereocenters. The van der Waals surface area contributed by atoms with Gasteiger partial charge in [-0.05, 0) is 117 Å². The fourth-order valence-electron chi connectivity index (χ4n) is 7.45. The molecule has 2 aromatic carbocycles. The molecule has 1 heterocycles. The molecule has 2 aliphatic carbocycles. The first-order chi connectivity index (χ1) is 20.8. The zero-order valence-electron chi connectivity index (χ0n) is 26.1. The molecule has 2 saturated carbocycles. The van der Waals surface area contributed by atoms with Gasteiger partial charge in [0.15, 0.2) is 0 Å². The van der Waals surface area contributed by atoms with E-state index in [-0.39, 0.29) is 11.8 Å². The van der Waals surface area contributed by atoms with Gasteiger partial charge in [0.25, 0.3) is 11.8 Å². The molecular weight excluding hydrogens is 534 g/mol. The maximum atomic E-state index is 12.8. The highest BCUT2D eigenvalue weighted by atomic mass is 16.5. The van der Waals surface area contributed by atoms with Crippen molar-refractivity contribution < 1.29 is 19.1 Å². The highest BCUT2D eigenvalue weighted by Crippen LogP contribution is 2.44. The Morgan fingerprint density at radius 1 is 0.860 bits per heavy atom. The molecule has 1 aliphatic heterocycles. The molecule has 5 heteroatoms. The number of hydrogen-bond acceptors (Lipinski definition) is 4. The van der Waals surface area contributed by atoms with E-state index in [2.05, 4.69) is 31.2 Å². The number of aryl methyl sites for hydroxylation is 1. The van der Waals surface area contributed by atoms with E-state index in [1.807, 2.05) is 6.08 Å². The van der Waals surface area contributed by atoms with Gasteiger partial charge in [-0.25, -0.2) is 9.69 Å². The van der Waals surface area contributed by atoms with Gasteiger partial charge in [0.1, 0.15) is 5.75 Å². The molecule has 0 N–H and O–H groups in total. The third-order valence-corrected chi connectivity index (χ3v) is 10.1. The monoisotopic (exact) mass is 581 g/mol. The second kappa shape index (κ2) is 14.3. The second-order valence-corrected chi connectivity index (χ2v) is 13.1. The molecule has 0 spiro atoms. The number of carbonyl (C=O) groups is 3. The van der Waals surface area contributed by atoms with Crippen LogP contribution in [0, 0.1) is 24.7 Å². The standard InChI is InChI=1S/C38H47NO4/c1-4-5-6-7-28-8-12-30(13-9-28)32-16-18-33(19-17-32)31-14-10-29(11-15-31)24-27(3)38(42)43-35-21-20-34(25-26(35)2)39-36(40)22-23-37(39)41/h10-11,14-15,20-25,28,30,32-33H,4-9,12-13,16-19H2,1-3H3/b27-24+. The summed E-state index contributed by atoms with van der Waals surface area (Å²) in [7, 11) is 0. The topological polar surface area (TPSA) is 63.7 Å². The van der Waals surface area contributed by atoms with E-state index in [1.165, 1.54) is 94.8 Å². The quantitative estimate of drug-likeness (QED) is 0.0923. The summed E-state index contributed by atoms with van der Waals surface area (Å²) < 4.78 is 5.65. The number of ether oxygens (including phenoxy) is 1. The van der Waals surface area contributed by atoms with Gasteiger partial charge >= 0.3 is 5.97 Å².